The molecule has 1 aliphatic rings. The van der Waals surface area contributed by atoms with Gasteiger partial charge in [-0.15, -0.1) is 0 Å². The highest BCUT2D eigenvalue weighted by atomic mass is 19.4. The Bertz CT molecular complexity index is 834. The van der Waals surface area contributed by atoms with Crippen LogP contribution >= 0.6 is 0 Å². The molecular weight excluding hydrogens is 403 g/mol. The molecule has 1 N–H and O–H groups in total. The van der Waals surface area contributed by atoms with Gasteiger partial charge in [-0.05, 0) is 38.0 Å². The lowest BCUT2D eigenvalue weighted by Crippen LogP contribution is -2.55. The third-order valence-corrected chi connectivity index (χ3v) is 5.28. The molecule has 1 fully saturated rings. The fraction of sp³-hybridized carbons (Fsp3) is 0.476. The molecule has 9 heteroatoms. The molecule has 0 aromatic heterocycles. The molecule has 1 saturated heterocycles. The van der Waals surface area contributed by atoms with E-state index < -0.39 is 47.0 Å². The molecule has 2 rings (SSSR count). The number of amides is 1. The van der Waals surface area contributed by atoms with E-state index in [0.29, 0.717) is 5.56 Å². The fourth-order valence-electron chi connectivity index (χ4n) is 3.28. The van der Waals surface area contributed by atoms with Crippen molar-refractivity contribution >= 4 is 17.7 Å². The van der Waals surface area contributed by atoms with Crippen molar-refractivity contribution in [3.05, 3.63) is 47.5 Å². The van der Waals surface area contributed by atoms with Crippen molar-refractivity contribution in [2.75, 3.05) is 7.11 Å². The smallest absolute Gasteiger partial charge is 0.416 e. The minimum absolute atomic E-state index is 0.0445. The zero-order valence-corrected chi connectivity index (χ0v) is 17.0. The van der Waals surface area contributed by atoms with E-state index in [1.807, 2.05) is 0 Å². The third kappa shape index (κ3) is 4.89. The van der Waals surface area contributed by atoms with Crippen LogP contribution in [0.4, 0.5) is 13.2 Å². The molecule has 0 saturated carbocycles. The van der Waals surface area contributed by atoms with Crippen molar-refractivity contribution in [3.8, 4) is 0 Å². The van der Waals surface area contributed by atoms with E-state index in [2.05, 4.69) is 11.9 Å². The first kappa shape index (κ1) is 23.6. The summed E-state index contributed by atoms with van der Waals surface area (Å²) in [6, 6.07) is 4.46. The van der Waals surface area contributed by atoms with Crippen LogP contribution in [-0.2, 0) is 36.6 Å². The third-order valence-electron chi connectivity index (χ3n) is 5.28. The van der Waals surface area contributed by atoms with Crippen molar-refractivity contribution in [3.63, 3.8) is 0 Å². The summed E-state index contributed by atoms with van der Waals surface area (Å²) in [6.45, 7) is 6.75. The Hall–Kier alpha value is -2.68. The van der Waals surface area contributed by atoms with Crippen molar-refractivity contribution in [2.45, 2.75) is 51.6 Å². The minimum Gasteiger partial charge on any atom is -0.468 e. The number of esters is 1. The Labute approximate surface area is 172 Å². The summed E-state index contributed by atoms with van der Waals surface area (Å²) >= 11 is 0. The first-order valence-electron chi connectivity index (χ1n) is 9.31. The molecular formula is C21H24F3NO5. The van der Waals surface area contributed by atoms with Gasteiger partial charge in [0.1, 0.15) is 0 Å². The maximum Gasteiger partial charge on any atom is 0.416 e. The number of carbonyl (C=O) groups is 3. The van der Waals surface area contributed by atoms with Gasteiger partial charge < -0.3 is 14.8 Å². The number of Topliss-reactive ketones (excluding diaryl/α,β-unsaturated/α-hetero) is 1. The van der Waals surface area contributed by atoms with Crippen molar-refractivity contribution in [1.82, 2.24) is 5.32 Å². The molecule has 164 valence electrons. The lowest BCUT2D eigenvalue weighted by atomic mass is 9.72. The number of halogens is 3. The summed E-state index contributed by atoms with van der Waals surface area (Å²) < 4.78 is 48.3. The molecule has 3 atom stereocenters. The summed E-state index contributed by atoms with van der Waals surface area (Å²) in [5.74, 6) is -1.64. The van der Waals surface area contributed by atoms with E-state index in [1.165, 1.54) is 19.1 Å². The highest BCUT2D eigenvalue weighted by Gasteiger charge is 2.54. The first-order valence-corrected chi connectivity index (χ1v) is 9.31. The molecule has 1 aliphatic heterocycles. The van der Waals surface area contributed by atoms with Crippen LogP contribution < -0.4 is 5.32 Å². The number of benzene rings is 1. The standard InChI is InChI=1S/C21H24F3NO5/c1-12-13(2)30-16(20(3,18(12)27)19(28)29-4)9-10-17(26)25-11-14-5-7-15(8-6-14)21(22,23)24/h5-8,13,16H,1,9-11H2,2-4H3,(H,25,26). The van der Waals surface area contributed by atoms with E-state index in [1.54, 1.807) is 6.92 Å². The number of hydrogen-bond acceptors (Lipinski definition) is 5. The number of hydrogen-bond donors (Lipinski definition) is 1. The van der Waals surface area contributed by atoms with Gasteiger partial charge in [-0.1, -0.05) is 18.7 Å². The first-order chi connectivity index (χ1) is 13.9. The Morgan fingerprint density at radius 3 is 2.40 bits per heavy atom. The topological polar surface area (TPSA) is 81.7 Å². The molecule has 1 aromatic carbocycles. The molecule has 3 unspecified atom stereocenters. The van der Waals surface area contributed by atoms with E-state index >= 15 is 0 Å². The summed E-state index contributed by atoms with van der Waals surface area (Å²) in [5.41, 5.74) is -1.71. The van der Waals surface area contributed by atoms with Crippen LogP contribution in [0, 0.1) is 5.41 Å². The molecule has 6 nitrogen and oxygen atoms in total. The van der Waals surface area contributed by atoms with Crippen LogP contribution in [0.25, 0.3) is 0 Å². The van der Waals surface area contributed by atoms with Crippen LogP contribution in [0.5, 0.6) is 0 Å². The molecule has 1 aromatic rings. The van der Waals surface area contributed by atoms with Gasteiger partial charge in [0.25, 0.3) is 0 Å². The molecule has 30 heavy (non-hydrogen) atoms. The van der Waals surface area contributed by atoms with Gasteiger partial charge in [0, 0.05) is 18.5 Å². The number of methoxy groups -OCH3 is 1. The number of ketones is 1. The van der Waals surface area contributed by atoms with Crippen LogP contribution in [-0.4, -0.2) is 37.0 Å². The van der Waals surface area contributed by atoms with Crippen molar-refractivity contribution in [1.29, 1.82) is 0 Å². The molecule has 0 spiro atoms. The summed E-state index contributed by atoms with van der Waals surface area (Å²) in [5, 5.41) is 2.60. The predicted octanol–water partition coefficient (Wildman–Crippen LogP) is 3.19. The van der Waals surface area contributed by atoms with Crippen molar-refractivity contribution < 1.29 is 37.0 Å². The average Bonchev–Trinajstić information content (AvgIpc) is 2.71. The maximum atomic E-state index is 12.7. The Balaban J connectivity index is 1.97. The quantitative estimate of drug-likeness (QED) is 0.428. The lowest BCUT2D eigenvalue weighted by Gasteiger charge is -2.41. The average molecular weight is 427 g/mol. The molecule has 0 radical (unpaired) electrons. The molecule has 1 heterocycles. The Morgan fingerprint density at radius 2 is 1.87 bits per heavy atom. The lowest BCUT2D eigenvalue weighted by molar-refractivity contribution is -0.175. The molecule has 0 aliphatic carbocycles. The molecule has 1 amide bonds. The largest absolute Gasteiger partial charge is 0.468 e. The van der Waals surface area contributed by atoms with Gasteiger partial charge in [-0.3, -0.25) is 14.4 Å². The van der Waals surface area contributed by atoms with Crippen LogP contribution in [0.1, 0.15) is 37.8 Å². The van der Waals surface area contributed by atoms with Gasteiger partial charge in [0.2, 0.25) is 5.91 Å². The summed E-state index contributed by atoms with van der Waals surface area (Å²) in [6.07, 6.45) is -5.88. The monoisotopic (exact) mass is 427 g/mol. The van der Waals surface area contributed by atoms with E-state index in [-0.39, 0.29) is 25.0 Å². The van der Waals surface area contributed by atoms with Crippen molar-refractivity contribution in [2.24, 2.45) is 5.41 Å². The summed E-state index contributed by atoms with van der Waals surface area (Å²) in [7, 11) is 1.16. The maximum absolute atomic E-state index is 12.7. The van der Waals surface area contributed by atoms with E-state index in [0.717, 1.165) is 19.2 Å². The number of ether oxygens (including phenoxy) is 2. The van der Waals surface area contributed by atoms with Crippen LogP contribution in [0.15, 0.2) is 36.4 Å². The molecule has 0 bridgehead atoms. The van der Waals surface area contributed by atoms with Gasteiger partial charge in [0.05, 0.1) is 24.9 Å². The van der Waals surface area contributed by atoms with Crippen LogP contribution in [0.2, 0.25) is 0 Å². The minimum atomic E-state index is -4.42. The zero-order chi connectivity index (χ0) is 22.7. The number of rotatable bonds is 6. The second kappa shape index (κ2) is 8.99. The normalized spacial score (nSPS) is 24.5. The predicted molar refractivity (Wildman–Crippen MR) is 101 cm³/mol. The zero-order valence-electron chi connectivity index (χ0n) is 17.0. The number of alkyl halides is 3. The Morgan fingerprint density at radius 1 is 1.27 bits per heavy atom. The highest BCUT2D eigenvalue weighted by molar-refractivity contribution is 6.13. The van der Waals surface area contributed by atoms with E-state index in [9.17, 15) is 27.6 Å². The summed E-state index contributed by atoms with van der Waals surface area (Å²) in [4.78, 5) is 37.1. The van der Waals surface area contributed by atoms with Gasteiger partial charge in [0.15, 0.2) is 11.2 Å². The van der Waals surface area contributed by atoms with Crippen LogP contribution in [0.3, 0.4) is 0 Å². The fourth-order valence-corrected chi connectivity index (χ4v) is 3.28. The Kier molecular flexibility index (Phi) is 7.07. The van der Waals surface area contributed by atoms with Gasteiger partial charge in [-0.2, -0.15) is 13.2 Å². The van der Waals surface area contributed by atoms with E-state index in [4.69, 9.17) is 9.47 Å². The van der Waals surface area contributed by atoms with Gasteiger partial charge >= 0.3 is 12.1 Å². The number of nitrogens with one attached hydrogen (secondary N) is 1. The second-order valence-corrected chi connectivity index (χ2v) is 7.33. The SMILES string of the molecule is C=C1C(=O)C(C)(C(=O)OC)C(CCC(=O)NCc2ccc(C(F)(F)F)cc2)OC1C. The highest BCUT2D eigenvalue weighted by Crippen LogP contribution is 2.39. The van der Waals surface area contributed by atoms with Gasteiger partial charge in [-0.25, -0.2) is 0 Å². The second-order valence-electron chi connectivity index (χ2n) is 7.33. The number of carbonyl (C=O) groups excluding carboxylic acids is 3.